The predicted octanol–water partition coefficient (Wildman–Crippen LogP) is 3.83. The summed E-state index contributed by atoms with van der Waals surface area (Å²) < 4.78 is 26.3. The fraction of sp³-hybridized carbons (Fsp3) is 0.417. The van der Waals surface area contributed by atoms with Crippen LogP contribution in [-0.2, 0) is 28.9 Å². The molecular weight excluding hydrogens is 399 g/mol. The third-order valence-electron chi connectivity index (χ3n) is 6.09. The van der Waals surface area contributed by atoms with Crippen molar-refractivity contribution >= 4 is 11.7 Å². The number of carboxylic acids is 1. The number of nitrogens with zero attached hydrogens (tertiary/aromatic N) is 2. The zero-order chi connectivity index (χ0) is 22.0. The van der Waals surface area contributed by atoms with Crippen LogP contribution in [0.15, 0.2) is 30.3 Å². The molecule has 1 aliphatic carbocycles. The van der Waals surface area contributed by atoms with E-state index >= 15 is 4.39 Å². The Kier molecular flexibility index (Phi) is 6.10. The second-order valence-corrected chi connectivity index (χ2v) is 8.15. The summed E-state index contributed by atoms with van der Waals surface area (Å²) in [5, 5.41) is 18.3. The highest BCUT2D eigenvalue weighted by molar-refractivity contribution is 5.67. The van der Waals surface area contributed by atoms with Crippen molar-refractivity contribution in [3.8, 4) is 11.8 Å². The van der Waals surface area contributed by atoms with Crippen LogP contribution >= 0.6 is 0 Å². The molecule has 31 heavy (non-hydrogen) atoms. The first-order chi connectivity index (χ1) is 15.0. The second-order valence-electron chi connectivity index (χ2n) is 8.15. The molecular formula is C24H25FN2O4. The largest absolute Gasteiger partial charge is 0.490 e. The minimum atomic E-state index is -0.811. The Morgan fingerprint density at radius 2 is 2.06 bits per heavy atom. The number of halogens is 1. The van der Waals surface area contributed by atoms with Gasteiger partial charge in [-0.1, -0.05) is 18.2 Å². The van der Waals surface area contributed by atoms with Gasteiger partial charge in [0.2, 0.25) is 0 Å². The van der Waals surface area contributed by atoms with Crippen molar-refractivity contribution in [2.24, 2.45) is 0 Å². The summed E-state index contributed by atoms with van der Waals surface area (Å²) in [5.41, 5.74) is 3.59. The Morgan fingerprint density at radius 1 is 1.26 bits per heavy atom. The molecule has 1 fully saturated rings. The van der Waals surface area contributed by atoms with Crippen LogP contribution in [0, 0.1) is 17.1 Å². The number of benzene rings is 2. The number of carbonyl (C=O) groups is 1. The van der Waals surface area contributed by atoms with Crippen LogP contribution < -0.4 is 9.64 Å². The number of aliphatic carboxylic acids is 1. The SMILES string of the molecule is CO[C@H]1C[C@H](Oc2cc(C#N)c(F)c(N3CCc4cc(CCC(=O)O)ccc4C3)c2)C1. The Hall–Kier alpha value is -3.11. The maximum absolute atomic E-state index is 15.0. The summed E-state index contributed by atoms with van der Waals surface area (Å²) in [4.78, 5) is 12.7. The number of nitriles is 1. The average Bonchev–Trinajstić information content (AvgIpc) is 2.74. The first-order valence-electron chi connectivity index (χ1n) is 10.5. The number of hydrogen-bond donors (Lipinski definition) is 1. The van der Waals surface area contributed by atoms with Gasteiger partial charge in [-0.25, -0.2) is 4.39 Å². The van der Waals surface area contributed by atoms with Crippen LogP contribution in [-0.4, -0.2) is 36.9 Å². The van der Waals surface area contributed by atoms with Gasteiger partial charge >= 0.3 is 5.97 Å². The van der Waals surface area contributed by atoms with Gasteiger partial charge in [0.15, 0.2) is 5.82 Å². The fourth-order valence-corrected chi connectivity index (χ4v) is 4.18. The van der Waals surface area contributed by atoms with E-state index in [4.69, 9.17) is 14.6 Å². The fourth-order valence-electron chi connectivity index (χ4n) is 4.18. The Balaban J connectivity index is 1.52. The van der Waals surface area contributed by atoms with Gasteiger partial charge in [-0.15, -0.1) is 0 Å². The van der Waals surface area contributed by atoms with Gasteiger partial charge in [-0.2, -0.15) is 5.26 Å². The van der Waals surface area contributed by atoms with E-state index in [0.29, 0.717) is 30.9 Å². The summed E-state index contributed by atoms with van der Waals surface area (Å²) in [6.07, 6.45) is 3.10. The van der Waals surface area contributed by atoms with E-state index in [0.717, 1.165) is 36.0 Å². The number of hydrogen-bond acceptors (Lipinski definition) is 5. The maximum Gasteiger partial charge on any atom is 0.303 e. The minimum Gasteiger partial charge on any atom is -0.490 e. The quantitative estimate of drug-likeness (QED) is 0.727. The zero-order valence-electron chi connectivity index (χ0n) is 17.4. The molecule has 162 valence electrons. The van der Waals surface area contributed by atoms with Crippen LogP contribution in [0.4, 0.5) is 10.1 Å². The summed E-state index contributed by atoms with van der Waals surface area (Å²) >= 11 is 0. The van der Waals surface area contributed by atoms with Crippen molar-refractivity contribution in [1.82, 2.24) is 0 Å². The van der Waals surface area contributed by atoms with E-state index in [2.05, 4.69) is 6.07 Å². The van der Waals surface area contributed by atoms with Gasteiger partial charge in [0, 0.05) is 51.6 Å². The third kappa shape index (κ3) is 4.64. The van der Waals surface area contributed by atoms with E-state index in [1.807, 2.05) is 23.1 Å². The lowest BCUT2D eigenvalue weighted by Gasteiger charge is -2.35. The molecule has 0 atom stereocenters. The highest BCUT2D eigenvalue weighted by Gasteiger charge is 2.31. The lowest BCUT2D eigenvalue weighted by atomic mass is 9.92. The summed E-state index contributed by atoms with van der Waals surface area (Å²) in [6, 6.07) is 11.1. The third-order valence-corrected chi connectivity index (χ3v) is 6.09. The first kappa shape index (κ1) is 21.1. The molecule has 6 nitrogen and oxygen atoms in total. The highest BCUT2D eigenvalue weighted by Crippen LogP contribution is 2.35. The second kappa shape index (κ2) is 8.94. The molecule has 1 heterocycles. The molecule has 1 aliphatic heterocycles. The summed E-state index contributed by atoms with van der Waals surface area (Å²) in [5.74, 6) is -0.837. The number of aryl methyl sites for hydroxylation is 1. The average molecular weight is 424 g/mol. The Morgan fingerprint density at radius 3 is 2.77 bits per heavy atom. The lowest BCUT2D eigenvalue weighted by molar-refractivity contribution is -0.136. The molecule has 2 aromatic rings. The van der Waals surface area contributed by atoms with Crippen LogP contribution in [0.5, 0.6) is 5.75 Å². The number of ether oxygens (including phenoxy) is 2. The van der Waals surface area contributed by atoms with Crippen molar-refractivity contribution in [2.45, 2.75) is 50.9 Å². The molecule has 7 heteroatoms. The van der Waals surface area contributed by atoms with Crippen LogP contribution in [0.3, 0.4) is 0 Å². The van der Waals surface area contributed by atoms with Crippen molar-refractivity contribution in [2.75, 3.05) is 18.6 Å². The standard InChI is InChI=1S/C24H25FN2O4/c1-30-19-10-21(11-19)31-20-9-18(13-26)24(25)22(12-20)27-7-6-16-8-15(3-5-23(28)29)2-4-17(16)14-27/h2,4,8-9,12,19,21H,3,5-7,10-11,14H2,1H3,(H,28,29)/t19-,21-. The smallest absolute Gasteiger partial charge is 0.303 e. The van der Waals surface area contributed by atoms with Crippen molar-refractivity contribution in [3.05, 3.63) is 58.4 Å². The molecule has 0 bridgehead atoms. The highest BCUT2D eigenvalue weighted by atomic mass is 19.1. The molecule has 4 rings (SSSR count). The molecule has 0 aromatic heterocycles. The maximum atomic E-state index is 15.0. The number of anilines is 1. The van der Waals surface area contributed by atoms with E-state index in [1.54, 1.807) is 13.2 Å². The molecule has 2 aromatic carbocycles. The molecule has 0 saturated heterocycles. The number of rotatable bonds is 7. The first-order valence-corrected chi connectivity index (χ1v) is 10.5. The van der Waals surface area contributed by atoms with E-state index in [-0.39, 0.29) is 24.2 Å². The van der Waals surface area contributed by atoms with Gasteiger partial charge in [-0.05, 0) is 29.5 Å². The predicted molar refractivity (Wildman–Crippen MR) is 113 cm³/mol. The Bertz CT molecular complexity index is 1030. The monoisotopic (exact) mass is 424 g/mol. The van der Waals surface area contributed by atoms with Gasteiger partial charge < -0.3 is 19.5 Å². The van der Waals surface area contributed by atoms with Gasteiger partial charge in [-0.3, -0.25) is 4.79 Å². The molecule has 1 saturated carbocycles. The summed E-state index contributed by atoms with van der Waals surface area (Å²) in [6.45, 7) is 1.13. The van der Waals surface area contributed by atoms with Gasteiger partial charge in [0.25, 0.3) is 0 Å². The van der Waals surface area contributed by atoms with Crippen molar-refractivity contribution in [1.29, 1.82) is 5.26 Å². The van der Waals surface area contributed by atoms with Crippen LogP contribution in [0.2, 0.25) is 0 Å². The van der Waals surface area contributed by atoms with Gasteiger partial charge in [0.1, 0.15) is 17.9 Å². The Labute approximate surface area is 180 Å². The number of fused-ring (bicyclic) bond motifs is 1. The minimum absolute atomic E-state index is 0.0149. The van der Waals surface area contributed by atoms with Gasteiger partial charge in [0.05, 0.1) is 17.4 Å². The summed E-state index contributed by atoms with van der Waals surface area (Å²) in [7, 11) is 1.67. The van der Waals surface area contributed by atoms with Crippen LogP contribution in [0.1, 0.15) is 41.5 Å². The molecule has 0 amide bonds. The zero-order valence-corrected chi connectivity index (χ0v) is 17.4. The molecule has 1 N–H and O–H groups in total. The molecule has 0 spiro atoms. The van der Waals surface area contributed by atoms with Crippen LogP contribution in [0.25, 0.3) is 0 Å². The molecule has 0 unspecified atom stereocenters. The molecule has 0 radical (unpaired) electrons. The van der Waals surface area contributed by atoms with Crippen molar-refractivity contribution < 1.29 is 23.8 Å². The van der Waals surface area contributed by atoms with E-state index in [1.165, 1.54) is 6.07 Å². The van der Waals surface area contributed by atoms with E-state index < -0.39 is 11.8 Å². The van der Waals surface area contributed by atoms with Crippen molar-refractivity contribution in [3.63, 3.8) is 0 Å². The topological polar surface area (TPSA) is 82.8 Å². The normalized spacial score (nSPS) is 19.8. The lowest BCUT2D eigenvalue weighted by Crippen LogP contribution is -2.39. The molecule has 2 aliphatic rings. The van der Waals surface area contributed by atoms with E-state index in [9.17, 15) is 10.1 Å². The number of methoxy groups -OCH3 is 1. The number of carboxylic acid groups (broad SMARTS) is 1.